The lowest BCUT2D eigenvalue weighted by Crippen LogP contribution is -1.99. The van der Waals surface area contributed by atoms with E-state index >= 15 is 0 Å². The van der Waals surface area contributed by atoms with Crippen molar-refractivity contribution in [1.29, 1.82) is 0 Å². The molecule has 1 aromatic carbocycles. The number of rotatable bonds is 2. The minimum atomic E-state index is -1.72. The Morgan fingerprint density at radius 1 is 1.00 bits per heavy atom. The Morgan fingerprint density at radius 3 is 2.50 bits per heavy atom. The number of halogens is 3. The Hall–Kier alpha value is -1.49. The summed E-state index contributed by atoms with van der Waals surface area (Å²) in [7, 11) is 0. The average molecular weight is 330 g/mol. The van der Waals surface area contributed by atoms with Crippen LogP contribution in [0.5, 0.6) is 0 Å². The van der Waals surface area contributed by atoms with E-state index in [4.69, 9.17) is 43.6 Å². The summed E-state index contributed by atoms with van der Waals surface area (Å²) in [4.78, 5) is 0. The molecule has 2 aromatic heterocycles. The molecule has 102 valence electrons. The molecule has 0 amide bonds. The summed E-state index contributed by atoms with van der Waals surface area (Å²) in [6.45, 7) is 0. The lowest BCUT2D eigenvalue weighted by molar-refractivity contribution is 0.493. The molecular formula is C13H7Cl3N2O2. The van der Waals surface area contributed by atoms with Gasteiger partial charge in [0.1, 0.15) is 11.3 Å². The highest BCUT2D eigenvalue weighted by Gasteiger charge is 2.29. The van der Waals surface area contributed by atoms with Crippen LogP contribution in [-0.2, 0) is 3.79 Å². The summed E-state index contributed by atoms with van der Waals surface area (Å²) in [5.41, 5.74) is 0.805. The summed E-state index contributed by atoms with van der Waals surface area (Å²) in [6.07, 6.45) is 3.29. The number of aromatic nitrogens is 2. The molecule has 0 fully saturated rings. The fourth-order valence-electron chi connectivity index (χ4n) is 1.65. The third-order valence-electron chi connectivity index (χ3n) is 2.52. The fourth-order valence-corrected chi connectivity index (χ4v) is 1.88. The molecule has 3 aromatic rings. The number of hydrogen-bond donors (Lipinski definition) is 0. The van der Waals surface area contributed by atoms with Crippen molar-refractivity contribution >= 4 is 57.9 Å². The summed E-state index contributed by atoms with van der Waals surface area (Å²) in [6, 6.07) is 9.60. The van der Waals surface area contributed by atoms with E-state index in [1.165, 1.54) is 0 Å². The Bertz CT molecular complexity index is 738. The van der Waals surface area contributed by atoms with Crippen molar-refractivity contribution in [3.63, 3.8) is 0 Å². The van der Waals surface area contributed by atoms with E-state index in [0.29, 0.717) is 5.76 Å². The first-order valence-corrected chi connectivity index (χ1v) is 6.73. The van der Waals surface area contributed by atoms with Gasteiger partial charge in [-0.2, -0.15) is 0 Å². The molecule has 3 rings (SSSR count). The van der Waals surface area contributed by atoms with Crippen molar-refractivity contribution in [1.82, 2.24) is 10.2 Å². The zero-order chi connectivity index (χ0) is 14.2. The maximum Gasteiger partial charge on any atom is 0.268 e. The predicted octanol–water partition coefficient (Wildman–Crippen LogP) is 4.81. The molecule has 0 bridgehead atoms. The van der Waals surface area contributed by atoms with Crippen LogP contribution < -0.4 is 0 Å². The minimum Gasteiger partial charge on any atom is -0.457 e. The van der Waals surface area contributed by atoms with Crippen molar-refractivity contribution in [2.45, 2.75) is 3.79 Å². The Kier molecular flexibility index (Phi) is 3.46. The Labute approximate surface area is 128 Å². The van der Waals surface area contributed by atoms with Crippen LogP contribution in [0.4, 0.5) is 0 Å². The number of nitrogens with zero attached hydrogens (tertiary/aromatic N) is 2. The largest absolute Gasteiger partial charge is 0.457 e. The molecular weight excluding hydrogens is 323 g/mol. The summed E-state index contributed by atoms with van der Waals surface area (Å²) in [5.74, 6) is 0.818. The van der Waals surface area contributed by atoms with E-state index < -0.39 is 3.79 Å². The molecule has 4 nitrogen and oxygen atoms in total. The molecule has 0 aliphatic heterocycles. The molecule has 0 spiro atoms. The number of benzene rings is 1. The molecule has 0 atom stereocenters. The molecule has 0 aliphatic carbocycles. The standard InChI is InChI=1S/C13H7Cl3N2O2/c14-13(15,16)12-18-17-11(20-12)6-5-9-7-8-3-1-2-4-10(8)19-9/h1-7H. The molecule has 0 unspecified atom stereocenters. The van der Waals surface area contributed by atoms with Crippen LogP contribution in [0, 0.1) is 0 Å². The highest BCUT2D eigenvalue weighted by molar-refractivity contribution is 6.66. The topological polar surface area (TPSA) is 52.1 Å². The Morgan fingerprint density at radius 2 is 1.80 bits per heavy atom. The van der Waals surface area contributed by atoms with Gasteiger partial charge in [-0.15, -0.1) is 10.2 Å². The van der Waals surface area contributed by atoms with E-state index in [0.717, 1.165) is 11.0 Å². The van der Waals surface area contributed by atoms with E-state index in [1.54, 1.807) is 12.2 Å². The molecule has 0 aliphatic rings. The van der Waals surface area contributed by atoms with Gasteiger partial charge in [0.2, 0.25) is 5.89 Å². The molecule has 0 radical (unpaired) electrons. The highest BCUT2D eigenvalue weighted by atomic mass is 35.6. The number of furan rings is 1. The van der Waals surface area contributed by atoms with Crippen LogP contribution in [0.25, 0.3) is 23.1 Å². The van der Waals surface area contributed by atoms with Gasteiger partial charge in [-0.1, -0.05) is 53.0 Å². The number of hydrogen-bond acceptors (Lipinski definition) is 4. The first-order valence-electron chi connectivity index (χ1n) is 5.60. The van der Waals surface area contributed by atoms with Crippen LogP contribution in [0.3, 0.4) is 0 Å². The second-order valence-corrected chi connectivity index (χ2v) is 6.24. The van der Waals surface area contributed by atoms with Gasteiger partial charge in [-0.3, -0.25) is 0 Å². The highest BCUT2D eigenvalue weighted by Crippen LogP contribution is 2.37. The monoisotopic (exact) mass is 328 g/mol. The summed E-state index contributed by atoms with van der Waals surface area (Å²) < 4.78 is 9.08. The molecule has 7 heteroatoms. The Balaban J connectivity index is 1.85. The van der Waals surface area contributed by atoms with Crippen LogP contribution >= 0.6 is 34.8 Å². The fraction of sp³-hybridized carbons (Fsp3) is 0.0769. The lowest BCUT2D eigenvalue weighted by atomic mass is 10.2. The van der Waals surface area contributed by atoms with Gasteiger partial charge in [0.25, 0.3) is 9.68 Å². The maximum atomic E-state index is 5.63. The second kappa shape index (κ2) is 5.13. The van der Waals surface area contributed by atoms with Crippen molar-refractivity contribution in [3.8, 4) is 0 Å². The van der Waals surface area contributed by atoms with Crippen LogP contribution in [0.1, 0.15) is 17.5 Å². The van der Waals surface area contributed by atoms with Crippen LogP contribution in [-0.4, -0.2) is 10.2 Å². The van der Waals surface area contributed by atoms with E-state index in [9.17, 15) is 0 Å². The smallest absolute Gasteiger partial charge is 0.268 e. The zero-order valence-corrected chi connectivity index (χ0v) is 12.2. The SMILES string of the molecule is ClC(Cl)(Cl)c1nnc(C=Cc2cc3ccccc3o2)o1. The van der Waals surface area contributed by atoms with Crippen molar-refractivity contribution in [2.75, 3.05) is 0 Å². The summed E-state index contributed by atoms with van der Waals surface area (Å²) >= 11 is 16.9. The first kappa shape index (κ1) is 13.5. The van der Waals surface area contributed by atoms with E-state index in [1.807, 2.05) is 30.3 Å². The number of para-hydroxylation sites is 1. The normalized spacial score (nSPS) is 12.6. The third-order valence-corrected chi connectivity index (χ3v) is 3.00. The van der Waals surface area contributed by atoms with Gasteiger partial charge < -0.3 is 8.83 Å². The van der Waals surface area contributed by atoms with Crippen molar-refractivity contribution < 1.29 is 8.83 Å². The maximum absolute atomic E-state index is 5.63. The van der Waals surface area contributed by atoms with Gasteiger partial charge in [0, 0.05) is 11.5 Å². The van der Waals surface area contributed by atoms with Crippen molar-refractivity contribution in [2.24, 2.45) is 0 Å². The molecule has 0 N–H and O–H groups in total. The first-order chi connectivity index (χ1) is 9.52. The average Bonchev–Trinajstić information content (AvgIpc) is 3.02. The van der Waals surface area contributed by atoms with Gasteiger partial charge in [0.05, 0.1) is 0 Å². The zero-order valence-electron chi connectivity index (χ0n) is 9.89. The minimum absolute atomic E-state index is 0.0771. The third kappa shape index (κ3) is 2.82. The molecule has 2 heterocycles. The predicted molar refractivity (Wildman–Crippen MR) is 78.7 cm³/mol. The molecule has 0 saturated heterocycles. The second-order valence-electron chi connectivity index (χ2n) is 3.96. The lowest BCUT2D eigenvalue weighted by Gasteiger charge is -2.01. The number of fused-ring (bicyclic) bond motifs is 1. The summed E-state index contributed by atoms with van der Waals surface area (Å²) in [5, 5.41) is 8.41. The quantitative estimate of drug-likeness (QED) is 0.633. The van der Waals surface area contributed by atoms with Crippen LogP contribution in [0.15, 0.2) is 39.2 Å². The molecule has 0 saturated carbocycles. The number of alkyl halides is 3. The van der Waals surface area contributed by atoms with E-state index in [-0.39, 0.29) is 11.8 Å². The van der Waals surface area contributed by atoms with Gasteiger partial charge in [-0.05, 0) is 18.2 Å². The van der Waals surface area contributed by atoms with Crippen molar-refractivity contribution in [3.05, 3.63) is 47.9 Å². The molecule has 20 heavy (non-hydrogen) atoms. The van der Waals surface area contributed by atoms with Gasteiger partial charge in [-0.25, -0.2) is 0 Å². The van der Waals surface area contributed by atoms with Crippen LogP contribution in [0.2, 0.25) is 0 Å². The van der Waals surface area contributed by atoms with Gasteiger partial charge in [0.15, 0.2) is 0 Å². The van der Waals surface area contributed by atoms with E-state index in [2.05, 4.69) is 10.2 Å². The van der Waals surface area contributed by atoms with Gasteiger partial charge >= 0.3 is 0 Å².